The van der Waals surface area contributed by atoms with Crippen LogP contribution in [0.2, 0.25) is 0 Å². The van der Waals surface area contributed by atoms with E-state index in [1.165, 1.54) is 87.7 Å². The summed E-state index contributed by atoms with van der Waals surface area (Å²) in [6.45, 7) is 5.86. The average molecular weight is 600 g/mol. The van der Waals surface area contributed by atoms with Gasteiger partial charge in [0.2, 0.25) is 0 Å². The lowest BCUT2D eigenvalue weighted by Gasteiger charge is -2.22. The molecule has 230 valence electrons. The van der Waals surface area contributed by atoms with Crippen LogP contribution in [0.1, 0.15) is 135 Å². The molecule has 4 atom stereocenters. The normalized spacial score (nSPS) is 14.9. The summed E-state index contributed by atoms with van der Waals surface area (Å²) in [4.78, 5) is 21.2. The second kappa shape index (κ2) is 23.6. The molecule has 0 saturated heterocycles. The quantitative estimate of drug-likeness (QED) is 0.0591. The van der Waals surface area contributed by atoms with Crippen molar-refractivity contribution in [1.29, 1.82) is 0 Å². The van der Waals surface area contributed by atoms with Gasteiger partial charge >= 0.3 is 19.5 Å². The number of ether oxygens (including phenoxy) is 2. The fraction of sp³-hybridized carbons (Fsp3) is 0.781. The van der Waals surface area contributed by atoms with E-state index in [2.05, 4.69) is 49.0 Å². The van der Waals surface area contributed by atoms with Crippen LogP contribution in [0.5, 0.6) is 0 Å². The second-order valence-electron chi connectivity index (χ2n) is 10.9. The van der Waals surface area contributed by atoms with E-state index < -0.39 is 25.6 Å². The van der Waals surface area contributed by atoms with Gasteiger partial charge in [-0.1, -0.05) is 115 Å². The smallest absolute Gasteiger partial charge is 0.474 e. The van der Waals surface area contributed by atoms with E-state index in [0.29, 0.717) is 18.8 Å². The maximum Gasteiger partial charge on any atom is 0.586 e. The Morgan fingerprint density at radius 3 is 2.05 bits per heavy atom. The Kier molecular flexibility index (Phi) is 21.8. The summed E-state index contributed by atoms with van der Waals surface area (Å²) in [5, 5.41) is 9.47. The summed E-state index contributed by atoms with van der Waals surface area (Å²) in [6, 6.07) is 11.1. The first-order chi connectivity index (χ1) is 19.4. The molecular weight excluding hydrogens is 543 g/mol. The van der Waals surface area contributed by atoms with Crippen LogP contribution in [0.25, 0.3) is 0 Å². The van der Waals surface area contributed by atoms with Crippen molar-refractivity contribution >= 4 is 25.8 Å². The van der Waals surface area contributed by atoms with Crippen molar-refractivity contribution in [3.05, 3.63) is 35.9 Å². The predicted octanol–water partition coefficient (Wildman–Crippen LogP) is 9.68. The summed E-state index contributed by atoms with van der Waals surface area (Å²) in [7, 11) is -3.18. The van der Waals surface area contributed by atoms with Crippen molar-refractivity contribution in [2.24, 2.45) is 0 Å². The number of carboxylic acid groups (broad SMARTS) is 1. The SMILES string of the molecule is CCCCCCCCC(CCSCCCCCCCCC(C)OC(OCCC)(C(=O)O)[P+](=O)O)c1ccccc1. The Balaban J connectivity index is 2.17. The van der Waals surface area contributed by atoms with Gasteiger partial charge in [0.1, 0.15) is 0 Å². The highest BCUT2D eigenvalue weighted by Crippen LogP contribution is 2.40. The second-order valence-corrected chi connectivity index (χ2v) is 13.3. The number of carbonyl (C=O) groups is 1. The minimum atomic E-state index is -3.18. The Morgan fingerprint density at radius 2 is 1.45 bits per heavy atom. The van der Waals surface area contributed by atoms with Gasteiger partial charge in [-0.3, -0.25) is 9.47 Å². The highest BCUT2D eigenvalue weighted by Gasteiger charge is 2.62. The first-order valence-corrected chi connectivity index (χ1v) is 18.1. The maximum atomic E-state index is 11.7. The first kappa shape index (κ1) is 37.0. The third-order valence-electron chi connectivity index (χ3n) is 7.32. The molecule has 0 spiro atoms. The summed E-state index contributed by atoms with van der Waals surface area (Å²) in [5.41, 5.74) is -0.971. The lowest BCUT2D eigenvalue weighted by atomic mass is 9.91. The number of hydrogen-bond donors (Lipinski definition) is 2. The van der Waals surface area contributed by atoms with Crippen molar-refractivity contribution in [2.75, 3.05) is 18.1 Å². The summed E-state index contributed by atoms with van der Waals surface area (Å²) < 4.78 is 22.4. The van der Waals surface area contributed by atoms with Crippen LogP contribution >= 0.6 is 19.8 Å². The molecule has 40 heavy (non-hydrogen) atoms. The van der Waals surface area contributed by atoms with Gasteiger partial charge in [0.05, 0.1) is 12.7 Å². The van der Waals surface area contributed by atoms with Crippen LogP contribution in [0, 0.1) is 0 Å². The zero-order chi connectivity index (χ0) is 29.5. The molecule has 1 aromatic carbocycles. The highest BCUT2D eigenvalue weighted by atomic mass is 32.2. The molecule has 0 aliphatic rings. The third kappa shape index (κ3) is 15.9. The van der Waals surface area contributed by atoms with E-state index in [-0.39, 0.29) is 6.61 Å². The molecule has 6 nitrogen and oxygen atoms in total. The molecule has 0 fully saturated rings. The minimum Gasteiger partial charge on any atom is -0.474 e. The molecule has 0 aliphatic carbocycles. The molecule has 0 bridgehead atoms. The molecule has 4 unspecified atom stereocenters. The number of rotatable bonds is 27. The molecule has 0 amide bonds. The molecule has 0 radical (unpaired) electrons. The van der Waals surface area contributed by atoms with Crippen LogP contribution in [0.15, 0.2) is 30.3 Å². The topological polar surface area (TPSA) is 93.1 Å². The van der Waals surface area contributed by atoms with Gasteiger partial charge in [0.15, 0.2) is 0 Å². The van der Waals surface area contributed by atoms with Crippen molar-refractivity contribution in [1.82, 2.24) is 0 Å². The molecule has 2 N–H and O–H groups in total. The lowest BCUT2D eigenvalue weighted by Crippen LogP contribution is -2.43. The van der Waals surface area contributed by atoms with E-state index in [0.717, 1.165) is 19.3 Å². The molecule has 1 aromatic rings. The Morgan fingerprint density at radius 1 is 0.850 bits per heavy atom. The number of carboxylic acids is 1. The van der Waals surface area contributed by atoms with E-state index >= 15 is 0 Å². The standard InChI is InChI=1S/C32H55O6PS/c1-4-6-7-8-12-16-23-30(29-21-17-14-18-22-29)24-27-40-26-19-13-10-9-11-15-20-28(3)38-32(31(33)34,39(35)36)37-25-5-2/h14,17-18,21-22,28,30H,4-13,15-16,19-20,23-27H2,1-3H3,(H-,33,34,35,36)/p+1. The van der Waals surface area contributed by atoms with Gasteiger partial charge in [-0.05, 0) is 66.6 Å². The molecule has 0 aromatic heterocycles. The average Bonchev–Trinajstić information content (AvgIpc) is 2.94. The largest absolute Gasteiger partial charge is 0.586 e. The number of thioether (sulfide) groups is 1. The molecule has 0 heterocycles. The predicted molar refractivity (Wildman–Crippen MR) is 168 cm³/mol. The Hall–Kier alpha value is -0.980. The number of hydrogen-bond acceptors (Lipinski definition) is 5. The van der Waals surface area contributed by atoms with Crippen LogP contribution in [-0.2, 0) is 18.8 Å². The van der Waals surface area contributed by atoms with Gasteiger partial charge < -0.3 is 5.11 Å². The number of benzene rings is 1. The Labute approximate surface area is 249 Å². The minimum absolute atomic E-state index is 0.0474. The lowest BCUT2D eigenvalue weighted by molar-refractivity contribution is -0.221. The monoisotopic (exact) mass is 599 g/mol. The zero-order valence-corrected chi connectivity index (χ0v) is 27.1. The van der Waals surface area contributed by atoms with Gasteiger partial charge in [-0.2, -0.15) is 16.7 Å². The zero-order valence-electron chi connectivity index (χ0n) is 25.4. The number of aliphatic carboxylic acids is 1. The van der Waals surface area contributed by atoms with Crippen molar-refractivity contribution in [3.63, 3.8) is 0 Å². The van der Waals surface area contributed by atoms with E-state index in [1.54, 1.807) is 13.8 Å². The number of unbranched alkanes of at least 4 members (excludes halogenated alkanes) is 10. The molecular formula is C32H56O6PS+. The van der Waals surface area contributed by atoms with Gasteiger partial charge in [0, 0.05) is 0 Å². The van der Waals surface area contributed by atoms with Gasteiger partial charge in [0.25, 0.3) is 0 Å². The van der Waals surface area contributed by atoms with Crippen LogP contribution < -0.4 is 0 Å². The first-order valence-electron chi connectivity index (χ1n) is 15.7. The fourth-order valence-corrected chi connectivity index (χ4v) is 6.64. The van der Waals surface area contributed by atoms with E-state index in [1.807, 2.05) is 0 Å². The van der Waals surface area contributed by atoms with Gasteiger partial charge in [-0.25, -0.2) is 4.79 Å². The van der Waals surface area contributed by atoms with Crippen LogP contribution in [0.3, 0.4) is 0 Å². The molecule has 0 saturated carbocycles. The summed E-state index contributed by atoms with van der Waals surface area (Å²) >= 11 is 2.09. The summed E-state index contributed by atoms with van der Waals surface area (Å²) in [5.74, 6) is 1.58. The molecule has 0 aliphatic heterocycles. The van der Waals surface area contributed by atoms with Gasteiger partial charge in [-0.15, -0.1) is 0 Å². The van der Waals surface area contributed by atoms with E-state index in [4.69, 9.17) is 9.47 Å². The van der Waals surface area contributed by atoms with Crippen LogP contribution in [-0.4, -0.2) is 45.7 Å². The highest BCUT2D eigenvalue weighted by molar-refractivity contribution is 7.99. The third-order valence-corrected chi connectivity index (χ3v) is 9.35. The van der Waals surface area contributed by atoms with Crippen molar-refractivity contribution < 1.29 is 28.8 Å². The molecule has 1 rings (SSSR count). The van der Waals surface area contributed by atoms with Crippen molar-refractivity contribution in [3.8, 4) is 0 Å². The van der Waals surface area contributed by atoms with Crippen molar-refractivity contribution in [2.45, 2.75) is 141 Å². The Bertz CT molecular complexity index is 764. The van der Waals surface area contributed by atoms with Crippen LogP contribution in [0.4, 0.5) is 0 Å². The maximum absolute atomic E-state index is 11.7. The summed E-state index contributed by atoms with van der Waals surface area (Å²) in [6.07, 6.45) is 18.1. The van der Waals surface area contributed by atoms with E-state index in [9.17, 15) is 19.4 Å². The fourth-order valence-electron chi connectivity index (χ4n) is 4.94. The molecule has 8 heteroatoms.